The van der Waals surface area contributed by atoms with E-state index in [1.165, 1.54) is 17.0 Å². The first-order valence-electron chi connectivity index (χ1n) is 15.4. The van der Waals surface area contributed by atoms with Gasteiger partial charge in [0.25, 0.3) is 0 Å². The number of carboxylic acids is 4. The number of aliphatic carboxylic acids is 4. The number of anilines is 2. The highest BCUT2D eigenvalue weighted by atomic mass is 16.7. The number of fused-ring (bicyclic) bond motifs is 1. The molecule has 1 saturated carbocycles. The highest BCUT2D eigenvalue weighted by Gasteiger charge is 2.34. The molecular weight excluding hydrogens is 644 g/mol. The van der Waals surface area contributed by atoms with E-state index >= 15 is 0 Å². The molecule has 3 atom stereocenters. The van der Waals surface area contributed by atoms with Crippen LogP contribution in [0.2, 0.25) is 0 Å². The maximum atomic E-state index is 11.7. The monoisotopic (exact) mass is 680 g/mol. The lowest BCUT2D eigenvalue weighted by Gasteiger charge is -2.30. The van der Waals surface area contributed by atoms with Crippen molar-refractivity contribution in [3.05, 3.63) is 71.3 Å². The fourth-order valence-electron chi connectivity index (χ4n) is 5.90. The second kappa shape index (κ2) is 15.0. The standard InChI is InChI=1S/C34H36N2O13/c1-19-5-8-22(35(14-30(37)38)15-31(39)40)27(11-19)48-25-3-2-4-26(25)49-28-12-20(6-9-23(28)36(16-32(41)42)17-33(43)44)34(45)21-7-10-24-29(13-21)47-18-46-24/h5-13,25-26,34,45H,2-4,14-18H2,1H3,(H,37,38)(H,39,40)(H,41,42)(H,43,44). The van der Waals surface area contributed by atoms with Crippen LogP contribution in [0.5, 0.6) is 23.0 Å². The molecule has 0 radical (unpaired) electrons. The van der Waals surface area contributed by atoms with Gasteiger partial charge in [-0.25, -0.2) is 0 Å². The first-order chi connectivity index (χ1) is 23.4. The van der Waals surface area contributed by atoms with E-state index in [9.17, 15) is 44.7 Å². The van der Waals surface area contributed by atoms with E-state index < -0.39 is 68.4 Å². The Morgan fingerprint density at radius 2 is 1.16 bits per heavy atom. The molecule has 5 rings (SSSR count). The van der Waals surface area contributed by atoms with Crippen molar-refractivity contribution in [2.75, 3.05) is 42.8 Å². The third-order valence-electron chi connectivity index (χ3n) is 8.06. The van der Waals surface area contributed by atoms with Gasteiger partial charge in [-0.2, -0.15) is 0 Å². The van der Waals surface area contributed by atoms with Crippen LogP contribution >= 0.6 is 0 Å². The molecule has 3 aromatic carbocycles. The van der Waals surface area contributed by atoms with Crippen LogP contribution in [0.1, 0.15) is 42.1 Å². The summed E-state index contributed by atoms with van der Waals surface area (Å²) < 4.78 is 23.7. The lowest BCUT2D eigenvalue weighted by Crippen LogP contribution is -2.37. The Balaban J connectivity index is 1.48. The zero-order chi connectivity index (χ0) is 35.2. The van der Waals surface area contributed by atoms with E-state index in [2.05, 4.69) is 0 Å². The minimum Gasteiger partial charge on any atom is -0.484 e. The van der Waals surface area contributed by atoms with Crippen LogP contribution in [0, 0.1) is 6.92 Å². The van der Waals surface area contributed by atoms with Crippen LogP contribution in [0.3, 0.4) is 0 Å². The number of aryl methyl sites for hydroxylation is 1. The van der Waals surface area contributed by atoms with E-state index in [-0.39, 0.29) is 29.7 Å². The van der Waals surface area contributed by atoms with Crippen LogP contribution in [-0.2, 0) is 19.2 Å². The largest absolute Gasteiger partial charge is 0.484 e. The maximum absolute atomic E-state index is 11.7. The molecule has 0 spiro atoms. The van der Waals surface area contributed by atoms with Crippen molar-refractivity contribution in [3.63, 3.8) is 0 Å². The van der Waals surface area contributed by atoms with Gasteiger partial charge in [0.1, 0.15) is 56.0 Å². The molecule has 0 saturated heterocycles. The smallest absolute Gasteiger partial charge is 0.323 e. The lowest BCUT2D eigenvalue weighted by atomic mass is 10.00. The Labute approximate surface area is 280 Å². The number of ether oxygens (including phenoxy) is 4. The zero-order valence-electron chi connectivity index (χ0n) is 26.5. The molecule has 3 aromatic rings. The van der Waals surface area contributed by atoms with Crippen molar-refractivity contribution in [1.29, 1.82) is 0 Å². The van der Waals surface area contributed by atoms with Gasteiger partial charge in [-0.15, -0.1) is 0 Å². The molecule has 1 aliphatic heterocycles. The summed E-state index contributed by atoms with van der Waals surface area (Å²) in [5.41, 5.74) is 2.08. The predicted molar refractivity (Wildman–Crippen MR) is 172 cm³/mol. The fourth-order valence-corrected chi connectivity index (χ4v) is 5.90. The van der Waals surface area contributed by atoms with Crippen LogP contribution in [0.4, 0.5) is 11.4 Å². The molecule has 1 heterocycles. The molecule has 0 aromatic heterocycles. The van der Waals surface area contributed by atoms with Crippen molar-refractivity contribution in [2.24, 2.45) is 0 Å². The number of carboxylic acid groups (broad SMARTS) is 4. The summed E-state index contributed by atoms with van der Waals surface area (Å²) in [7, 11) is 0. The zero-order valence-corrected chi connectivity index (χ0v) is 26.5. The Morgan fingerprint density at radius 3 is 1.71 bits per heavy atom. The van der Waals surface area contributed by atoms with Gasteiger partial charge in [-0.05, 0) is 79.3 Å². The fraction of sp³-hybridized carbons (Fsp3) is 0.353. The second-order valence-corrected chi connectivity index (χ2v) is 11.7. The molecule has 49 heavy (non-hydrogen) atoms. The van der Waals surface area contributed by atoms with Crippen molar-refractivity contribution in [3.8, 4) is 23.0 Å². The van der Waals surface area contributed by atoms with Gasteiger partial charge in [-0.1, -0.05) is 18.2 Å². The molecule has 260 valence electrons. The van der Waals surface area contributed by atoms with Gasteiger partial charge in [-0.3, -0.25) is 19.2 Å². The van der Waals surface area contributed by atoms with Crippen molar-refractivity contribution < 1.29 is 63.7 Å². The molecule has 3 unspecified atom stereocenters. The molecule has 5 N–H and O–H groups in total. The number of nitrogens with zero attached hydrogens (tertiary/aromatic N) is 2. The number of carbonyl (C=O) groups is 4. The molecular formula is C34H36N2O13. The highest BCUT2D eigenvalue weighted by molar-refractivity contribution is 5.82. The Hall–Kier alpha value is -5.70. The predicted octanol–water partition coefficient (Wildman–Crippen LogP) is 3.14. The minimum absolute atomic E-state index is 0.0520. The molecule has 1 fully saturated rings. The first-order valence-corrected chi connectivity index (χ1v) is 15.4. The third kappa shape index (κ3) is 8.61. The Kier molecular flexibility index (Phi) is 10.6. The first kappa shape index (κ1) is 34.6. The van der Waals surface area contributed by atoms with E-state index in [1.807, 2.05) is 0 Å². The average Bonchev–Trinajstić information content (AvgIpc) is 3.68. The van der Waals surface area contributed by atoms with E-state index in [1.54, 1.807) is 49.4 Å². The van der Waals surface area contributed by atoms with Crippen molar-refractivity contribution in [1.82, 2.24) is 0 Å². The van der Waals surface area contributed by atoms with Gasteiger partial charge in [0.15, 0.2) is 11.5 Å². The molecule has 0 amide bonds. The third-order valence-corrected chi connectivity index (χ3v) is 8.06. The highest BCUT2D eigenvalue weighted by Crippen LogP contribution is 2.40. The van der Waals surface area contributed by atoms with Gasteiger partial charge < -0.3 is 54.3 Å². The number of benzene rings is 3. The van der Waals surface area contributed by atoms with E-state index in [0.717, 1.165) is 10.5 Å². The van der Waals surface area contributed by atoms with Gasteiger partial charge in [0.05, 0.1) is 11.4 Å². The maximum Gasteiger partial charge on any atom is 0.323 e. The molecule has 15 nitrogen and oxygen atoms in total. The van der Waals surface area contributed by atoms with Gasteiger partial charge in [0.2, 0.25) is 6.79 Å². The summed E-state index contributed by atoms with van der Waals surface area (Å²) in [5, 5.41) is 49.4. The number of hydrogen-bond acceptors (Lipinski definition) is 11. The second-order valence-electron chi connectivity index (χ2n) is 11.7. The molecule has 2 aliphatic rings. The van der Waals surface area contributed by atoms with Crippen molar-refractivity contribution >= 4 is 35.3 Å². The average molecular weight is 681 g/mol. The molecule has 15 heteroatoms. The van der Waals surface area contributed by atoms with Gasteiger partial charge in [0, 0.05) is 0 Å². The summed E-state index contributed by atoms with van der Waals surface area (Å²) >= 11 is 0. The summed E-state index contributed by atoms with van der Waals surface area (Å²) in [6.45, 7) is -0.598. The van der Waals surface area contributed by atoms with Crippen LogP contribution < -0.4 is 28.7 Å². The normalized spacial score (nSPS) is 16.9. The molecule has 0 bridgehead atoms. The topological polar surface area (TPSA) is 213 Å². The van der Waals surface area contributed by atoms with E-state index in [4.69, 9.17) is 18.9 Å². The number of aliphatic hydroxyl groups excluding tert-OH is 1. The van der Waals surface area contributed by atoms with Crippen LogP contribution in [-0.4, -0.2) is 94.6 Å². The van der Waals surface area contributed by atoms with Crippen molar-refractivity contribution in [2.45, 2.75) is 44.5 Å². The molecule has 1 aliphatic carbocycles. The van der Waals surface area contributed by atoms with Crippen LogP contribution in [0.25, 0.3) is 0 Å². The number of hydrogen-bond donors (Lipinski definition) is 5. The summed E-state index contributed by atoms with van der Waals surface area (Å²) in [5.74, 6) is -3.61. The number of aliphatic hydroxyl groups is 1. The van der Waals surface area contributed by atoms with Crippen LogP contribution in [0.15, 0.2) is 54.6 Å². The quantitative estimate of drug-likeness (QED) is 0.147. The summed E-state index contributed by atoms with van der Waals surface area (Å²) in [4.78, 5) is 49.0. The van der Waals surface area contributed by atoms with E-state index in [0.29, 0.717) is 41.9 Å². The van der Waals surface area contributed by atoms with Gasteiger partial charge >= 0.3 is 23.9 Å². The SMILES string of the molecule is Cc1ccc(N(CC(=O)O)CC(=O)O)c(OC2CCCC2Oc2cc(C(O)c3ccc4c(c3)OCO4)ccc2N(CC(=O)O)CC(=O)O)c1. The summed E-state index contributed by atoms with van der Waals surface area (Å²) in [6.07, 6.45) is -0.759. The Morgan fingerprint density at radius 1 is 0.694 bits per heavy atom. The lowest BCUT2D eigenvalue weighted by molar-refractivity contribution is -0.138. The minimum atomic E-state index is -1.27. The Bertz CT molecular complexity index is 1700. The number of rotatable bonds is 16. The summed E-state index contributed by atoms with van der Waals surface area (Å²) in [6, 6.07) is 14.5.